The number of rotatable bonds is 6. The summed E-state index contributed by atoms with van der Waals surface area (Å²) in [6.45, 7) is 8.95. The van der Waals surface area contributed by atoms with Gasteiger partial charge >= 0.3 is 11.9 Å². The summed E-state index contributed by atoms with van der Waals surface area (Å²) in [4.78, 5) is 23.0. The van der Waals surface area contributed by atoms with E-state index in [9.17, 15) is 9.59 Å². The molecule has 130 valence electrons. The summed E-state index contributed by atoms with van der Waals surface area (Å²) in [6, 6.07) is 13.0. The fourth-order valence-electron chi connectivity index (χ4n) is 2.24. The summed E-state index contributed by atoms with van der Waals surface area (Å²) in [7, 11) is 0. The highest BCUT2D eigenvalue weighted by Gasteiger charge is 2.10. The molecule has 4 nitrogen and oxygen atoms in total. The molecule has 0 bridgehead atoms. The predicted octanol–water partition coefficient (Wildman–Crippen LogP) is 4.71. The Hall–Kier alpha value is -2.88. The van der Waals surface area contributed by atoms with Gasteiger partial charge in [-0.05, 0) is 54.3 Å². The Balaban J connectivity index is 2.22. The molecule has 0 saturated carbocycles. The molecule has 0 heterocycles. The Labute approximate surface area is 148 Å². The van der Waals surface area contributed by atoms with Gasteiger partial charge in [-0.25, -0.2) is 4.79 Å². The Morgan fingerprint density at radius 3 is 2.16 bits per heavy atom. The van der Waals surface area contributed by atoms with Crippen molar-refractivity contribution in [3.05, 3.63) is 60.2 Å². The van der Waals surface area contributed by atoms with Crippen molar-refractivity contribution in [1.29, 1.82) is 0 Å². The van der Waals surface area contributed by atoms with E-state index in [2.05, 4.69) is 6.58 Å². The first-order valence-corrected chi connectivity index (χ1v) is 8.26. The Morgan fingerprint density at radius 2 is 1.60 bits per heavy atom. The SMILES string of the molecule is C=C(C)C(=O)Oc1ccc(-c2ccc(OC(=O)CC)c(CC)c2)cc1. The molecule has 25 heavy (non-hydrogen) atoms. The van der Waals surface area contributed by atoms with Crippen LogP contribution in [0.15, 0.2) is 54.6 Å². The van der Waals surface area contributed by atoms with Crippen LogP contribution in [0.4, 0.5) is 0 Å². The van der Waals surface area contributed by atoms with E-state index >= 15 is 0 Å². The molecule has 0 unspecified atom stereocenters. The van der Waals surface area contributed by atoms with Crippen molar-refractivity contribution >= 4 is 11.9 Å². The molecule has 0 spiro atoms. The van der Waals surface area contributed by atoms with Crippen LogP contribution in [-0.2, 0) is 16.0 Å². The summed E-state index contributed by atoms with van der Waals surface area (Å²) < 4.78 is 10.5. The number of aryl methyl sites for hydroxylation is 1. The van der Waals surface area contributed by atoms with Crippen molar-refractivity contribution in [3.63, 3.8) is 0 Å². The van der Waals surface area contributed by atoms with Gasteiger partial charge in [0.2, 0.25) is 0 Å². The van der Waals surface area contributed by atoms with Crippen molar-refractivity contribution in [2.75, 3.05) is 0 Å². The van der Waals surface area contributed by atoms with Gasteiger partial charge in [-0.3, -0.25) is 4.79 Å². The monoisotopic (exact) mass is 338 g/mol. The number of esters is 2. The molecule has 0 atom stereocenters. The second-order valence-corrected chi connectivity index (χ2v) is 5.70. The number of benzene rings is 2. The molecule has 0 aliphatic carbocycles. The van der Waals surface area contributed by atoms with E-state index in [1.54, 1.807) is 26.0 Å². The van der Waals surface area contributed by atoms with E-state index in [0.717, 1.165) is 23.1 Å². The third-order valence-electron chi connectivity index (χ3n) is 3.70. The van der Waals surface area contributed by atoms with Gasteiger partial charge < -0.3 is 9.47 Å². The van der Waals surface area contributed by atoms with Gasteiger partial charge in [0.25, 0.3) is 0 Å². The lowest BCUT2D eigenvalue weighted by atomic mass is 10.0. The van der Waals surface area contributed by atoms with Crippen LogP contribution in [-0.4, -0.2) is 11.9 Å². The second-order valence-electron chi connectivity index (χ2n) is 5.70. The minimum Gasteiger partial charge on any atom is -0.426 e. The third-order valence-corrected chi connectivity index (χ3v) is 3.70. The molecule has 0 aliphatic heterocycles. The van der Waals surface area contributed by atoms with E-state index in [0.29, 0.717) is 23.5 Å². The maximum atomic E-state index is 11.5. The molecular weight excluding hydrogens is 316 g/mol. The zero-order chi connectivity index (χ0) is 18.4. The third kappa shape index (κ3) is 4.80. The highest BCUT2D eigenvalue weighted by molar-refractivity contribution is 5.88. The van der Waals surface area contributed by atoms with Crippen molar-refractivity contribution in [2.45, 2.75) is 33.6 Å². The lowest BCUT2D eigenvalue weighted by Crippen LogP contribution is -2.08. The normalized spacial score (nSPS) is 10.2. The van der Waals surface area contributed by atoms with Crippen LogP contribution >= 0.6 is 0 Å². The summed E-state index contributed by atoms with van der Waals surface area (Å²) in [5.74, 6) is 0.389. The molecule has 0 radical (unpaired) electrons. The minimum absolute atomic E-state index is 0.244. The van der Waals surface area contributed by atoms with Crippen LogP contribution in [0.5, 0.6) is 11.5 Å². The fraction of sp³-hybridized carbons (Fsp3) is 0.238. The van der Waals surface area contributed by atoms with Crippen LogP contribution < -0.4 is 9.47 Å². The van der Waals surface area contributed by atoms with Gasteiger partial charge in [-0.2, -0.15) is 0 Å². The molecule has 0 amide bonds. The topological polar surface area (TPSA) is 52.6 Å². The number of carbonyl (C=O) groups excluding carboxylic acids is 2. The molecule has 0 aliphatic rings. The lowest BCUT2D eigenvalue weighted by Gasteiger charge is -2.11. The predicted molar refractivity (Wildman–Crippen MR) is 97.6 cm³/mol. The van der Waals surface area contributed by atoms with Crippen LogP contribution in [0.2, 0.25) is 0 Å². The molecule has 0 fully saturated rings. The Bertz CT molecular complexity index is 788. The smallest absolute Gasteiger partial charge is 0.338 e. The summed E-state index contributed by atoms with van der Waals surface area (Å²) in [5, 5.41) is 0. The van der Waals surface area contributed by atoms with E-state index in [-0.39, 0.29) is 5.97 Å². The van der Waals surface area contributed by atoms with Gasteiger partial charge in [0, 0.05) is 12.0 Å². The summed E-state index contributed by atoms with van der Waals surface area (Å²) >= 11 is 0. The Kier molecular flexibility index (Phi) is 6.12. The molecule has 0 saturated heterocycles. The lowest BCUT2D eigenvalue weighted by molar-refractivity contribution is -0.134. The molecular formula is C21H22O4. The van der Waals surface area contributed by atoms with Crippen molar-refractivity contribution in [2.24, 2.45) is 0 Å². The van der Waals surface area contributed by atoms with E-state index in [1.165, 1.54) is 0 Å². The zero-order valence-electron chi connectivity index (χ0n) is 14.8. The first kappa shape index (κ1) is 18.5. The molecule has 4 heteroatoms. The second kappa shape index (κ2) is 8.29. The number of hydrogen-bond donors (Lipinski definition) is 0. The van der Waals surface area contributed by atoms with Crippen LogP contribution in [0.3, 0.4) is 0 Å². The highest BCUT2D eigenvalue weighted by atomic mass is 16.5. The van der Waals surface area contributed by atoms with Crippen molar-refractivity contribution in [3.8, 4) is 22.6 Å². The van der Waals surface area contributed by atoms with Gasteiger partial charge in [0.15, 0.2) is 0 Å². The van der Waals surface area contributed by atoms with Crippen molar-refractivity contribution in [1.82, 2.24) is 0 Å². The standard InChI is InChI=1S/C21H22O4/c1-5-15-13-17(9-12-19(15)25-20(22)6-2)16-7-10-18(11-8-16)24-21(23)14(3)4/h7-13H,3,5-6H2,1-2,4H3. The van der Waals surface area contributed by atoms with Gasteiger partial charge in [-0.1, -0.05) is 38.6 Å². The average Bonchev–Trinajstić information content (AvgIpc) is 2.62. The molecule has 2 aromatic rings. The highest BCUT2D eigenvalue weighted by Crippen LogP contribution is 2.29. The Morgan fingerprint density at radius 1 is 0.960 bits per heavy atom. The first-order valence-electron chi connectivity index (χ1n) is 8.26. The zero-order valence-corrected chi connectivity index (χ0v) is 14.8. The van der Waals surface area contributed by atoms with Gasteiger partial charge in [0.1, 0.15) is 11.5 Å². The minimum atomic E-state index is -0.442. The van der Waals surface area contributed by atoms with E-state index in [1.807, 2.05) is 37.3 Å². The molecule has 2 rings (SSSR count). The van der Waals surface area contributed by atoms with Gasteiger partial charge in [-0.15, -0.1) is 0 Å². The number of hydrogen-bond acceptors (Lipinski definition) is 4. The number of ether oxygens (including phenoxy) is 2. The first-order chi connectivity index (χ1) is 11.9. The van der Waals surface area contributed by atoms with Crippen LogP contribution in [0.1, 0.15) is 32.8 Å². The van der Waals surface area contributed by atoms with E-state index in [4.69, 9.17) is 9.47 Å². The molecule has 0 aromatic heterocycles. The summed E-state index contributed by atoms with van der Waals surface area (Å²) in [5.41, 5.74) is 3.31. The molecule has 0 N–H and O–H groups in total. The maximum absolute atomic E-state index is 11.5. The quantitative estimate of drug-likeness (QED) is 0.435. The van der Waals surface area contributed by atoms with Gasteiger partial charge in [0.05, 0.1) is 0 Å². The van der Waals surface area contributed by atoms with Crippen LogP contribution in [0, 0.1) is 0 Å². The fourth-order valence-corrected chi connectivity index (χ4v) is 2.24. The van der Waals surface area contributed by atoms with E-state index < -0.39 is 5.97 Å². The molecule has 2 aromatic carbocycles. The maximum Gasteiger partial charge on any atom is 0.338 e. The summed E-state index contributed by atoms with van der Waals surface area (Å²) in [6.07, 6.45) is 1.10. The van der Waals surface area contributed by atoms with Crippen molar-refractivity contribution < 1.29 is 19.1 Å². The number of carbonyl (C=O) groups is 2. The van der Waals surface area contributed by atoms with Crippen LogP contribution in [0.25, 0.3) is 11.1 Å². The largest absolute Gasteiger partial charge is 0.426 e. The average molecular weight is 338 g/mol.